The third-order valence-electron chi connectivity index (χ3n) is 1.41. The van der Waals surface area contributed by atoms with Gasteiger partial charge in [-0.25, -0.2) is 8.42 Å². The predicted octanol–water partition coefficient (Wildman–Crippen LogP) is -0.890. The monoisotopic (exact) mass is 193 g/mol. The fourth-order valence-corrected chi connectivity index (χ4v) is 1.96. The van der Waals surface area contributed by atoms with E-state index in [1.165, 1.54) is 6.08 Å². The highest BCUT2D eigenvalue weighted by Gasteiger charge is 2.30. The van der Waals surface area contributed by atoms with Crippen LogP contribution >= 0.6 is 0 Å². The third-order valence-corrected chi connectivity index (χ3v) is 2.94. The lowest BCUT2D eigenvalue weighted by atomic mass is 10.4. The van der Waals surface area contributed by atoms with Crippen LogP contribution in [0, 0.1) is 0 Å². The maximum atomic E-state index is 11.2. The molecule has 0 aromatic heterocycles. The van der Waals surface area contributed by atoms with Gasteiger partial charge in [0.15, 0.2) is 0 Å². The number of β-amino-alcohol motifs (C(OH)–C–C–N with tert-alkyl or cyclic N) is 1. The SMILES string of the molecule is C=CCS(=O)(=O)N1CC(O)CO1. The molecule has 1 atom stereocenters. The highest BCUT2D eigenvalue weighted by Crippen LogP contribution is 2.11. The fraction of sp³-hybridized carbons (Fsp3) is 0.667. The summed E-state index contributed by atoms with van der Waals surface area (Å²) in [6, 6.07) is 0. The van der Waals surface area contributed by atoms with Crippen LogP contribution in [0.4, 0.5) is 0 Å². The number of hydrogen-bond acceptors (Lipinski definition) is 4. The molecule has 0 spiro atoms. The number of hydrogen-bond donors (Lipinski definition) is 1. The number of rotatable bonds is 3. The summed E-state index contributed by atoms with van der Waals surface area (Å²) >= 11 is 0. The van der Waals surface area contributed by atoms with Gasteiger partial charge in [0.1, 0.15) is 0 Å². The van der Waals surface area contributed by atoms with Gasteiger partial charge in [0.25, 0.3) is 0 Å². The first kappa shape index (κ1) is 9.66. The minimum Gasteiger partial charge on any atom is -0.389 e. The number of aliphatic hydroxyl groups is 1. The Morgan fingerprint density at radius 1 is 1.75 bits per heavy atom. The van der Waals surface area contributed by atoms with Crippen LogP contribution in [0.25, 0.3) is 0 Å². The zero-order valence-corrected chi connectivity index (χ0v) is 7.33. The summed E-state index contributed by atoms with van der Waals surface area (Å²) in [7, 11) is -3.41. The van der Waals surface area contributed by atoms with Crippen LogP contribution in [0.3, 0.4) is 0 Å². The largest absolute Gasteiger partial charge is 0.389 e. The lowest BCUT2D eigenvalue weighted by molar-refractivity contribution is -0.0313. The first-order valence-corrected chi connectivity index (χ1v) is 5.09. The lowest BCUT2D eigenvalue weighted by Crippen LogP contribution is -2.30. The van der Waals surface area contributed by atoms with Crippen LogP contribution in [0.15, 0.2) is 12.7 Å². The summed E-state index contributed by atoms with van der Waals surface area (Å²) in [5.41, 5.74) is 0. The molecule has 70 valence electrons. The maximum Gasteiger partial charge on any atom is 0.239 e. The highest BCUT2D eigenvalue weighted by atomic mass is 32.2. The Balaban J connectivity index is 2.64. The van der Waals surface area contributed by atoms with Crippen molar-refractivity contribution in [3.05, 3.63) is 12.7 Å². The minimum absolute atomic E-state index is 0.0101. The average molecular weight is 193 g/mol. The summed E-state index contributed by atoms with van der Waals surface area (Å²) in [4.78, 5) is 4.73. The van der Waals surface area contributed by atoms with Gasteiger partial charge in [0.05, 0.1) is 25.0 Å². The van der Waals surface area contributed by atoms with E-state index in [9.17, 15) is 8.42 Å². The minimum atomic E-state index is -3.41. The predicted molar refractivity (Wildman–Crippen MR) is 42.6 cm³/mol. The van der Waals surface area contributed by atoms with E-state index in [0.717, 1.165) is 4.47 Å². The molecule has 1 unspecified atom stereocenters. The van der Waals surface area contributed by atoms with Crippen LogP contribution in [0.5, 0.6) is 0 Å². The molecule has 0 radical (unpaired) electrons. The zero-order chi connectivity index (χ0) is 9.19. The van der Waals surface area contributed by atoms with E-state index in [0.29, 0.717) is 0 Å². The summed E-state index contributed by atoms with van der Waals surface area (Å²) in [5, 5.41) is 8.97. The van der Waals surface area contributed by atoms with E-state index in [-0.39, 0.29) is 18.9 Å². The van der Waals surface area contributed by atoms with Crippen molar-refractivity contribution in [3.8, 4) is 0 Å². The lowest BCUT2D eigenvalue weighted by Gasteiger charge is -2.11. The normalized spacial score (nSPS) is 25.9. The second-order valence-corrected chi connectivity index (χ2v) is 4.41. The Bertz CT molecular complexity index is 261. The number of hydroxylamine groups is 1. The van der Waals surface area contributed by atoms with E-state index in [2.05, 4.69) is 6.58 Å². The van der Waals surface area contributed by atoms with E-state index < -0.39 is 16.1 Å². The van der Waals surface area contributed by atoms with E-state index in [4.69, 9.17) is 9.94 Å². The summed E-state index contributed by atoms with van der Waals surface area (Å²) in [5.74, 6) is -0.167. The Labute approximate surface area is 71.3 Å². The van der Waals surface area contributed by atoms with Crippen molar-refractivity contribution in [3.63, 3.8) is 0 Å². The van der Waals surface area contributed by atoms with E-state index >= 15 is 0 Å². The van der Waals surface area contributed by atoms with Crippen molar-refractivity contribution in [1.82, 2.24) is 4.47 Å². The highest BCUT2D eigenvalue weighted by molar-refractivity contribution is 7.89. The molecule has 0 aromatic carbocycles. The zero-order valence-electron chi connectivity index (χ0n) is 6.51. The van der Waals surface area contributed by atoms with Gasteiger partial charge in [-0.3, -0.25) is 4.84 Å². The van der Waals surface area contributed by atoms with Gasteiger partial charge in [-0.15, -0.1) is 6.58 Å². The van der Waals surface area contributed by atoms with Gasteiger partial charge >= 0.3 is 0 Å². The molecular formula is C6H11NO4S. The van der Waals surface area contributed by atoms with Gasteiger partial charge < -0.3 is 5.11 Å². The Kier molecular flexibility index (Phi) is 2.84. The summed E-state index contributed by atoms with van der Waals surface area (Å²) in [6.07, 6.45) is 0.563. The second-order valence-electron chi connectivity index (χ2n) is 2.50. The molecule has 0 aliphatic carbocycles. The van der Waals surface area contributed by atoms with Crippen molar-refractivity contribution >= 4 is 10.0 Å². The molecule has 1 saturated heterocycles. The molecule has 1 heterocycles. The van der Waals surface area contributed by atoms with Gasteiger partial charge in [0.2, 0.25) is 10.0 Å². The smallest absolute Gasteiger partial charge is 0.239 e. The number of aliphatic hydroxyl groups excluding tert-OH is 1. The second kappa shape index (κ2) is 3.53. The average Bonchev–Trinajstić information content (AvgIpc) is 2.36. The van der Waals surface area contributed by atoms with Crippen LogP contribution in [-0.4, -0.2) is 43.0 Å². The quantitative estimate of drug-likeness (QED) is 0.590. The molecule has 1 fully saturated rings. The van der Waals surface area contributed by atoms with Gasteiger partial charge in [-0.2, -0.15) is 0 Å². The van der Waals surface area contributed by atoms with Gasteiger partial charge in [-0.1, -0.05) is 10.5 Å². The van der Waals surface area contributed by atoms with Crippen LogP contribution in [0.2, 0.25) is 0 Å². The first-order valence-electron chi connectivity index (χ1n) is 3.48. The molecule has 0 bridgehead atoms. The van der Waals surface area contributed by atoms with Crippen molar-refractivity contribution in [1.29, 1.82) is 0 Å². The van der Waals surface area contributed by atoms with Crippen molar-refractivity contribution < 1.29 is 18.4 Å². The molecule has 0 saturated carbocycles. The molecule has 1 N–H and O–H groups in total. The molecule has 5 nitrogen and oxygen atoms in total. The first-order chi connectivity index (χ1) is 5.56. The Morgan fingerprint density at radius 3 is 2.83 bits per heavy atom. The Morgan fingerprint density at radius 2 is 2.42 bits per heavy atom. The van der Waals surface area contributed by atoms with Crippen LogP contribution < -0.4 is 0 Å². The van der Waals surface area contributed by atoms with Crippen molar-refractivity contribution in [2.24, 2.45) is 0 Å². The van der Waals surface area contributed by atoms with Gasteiger partial charge in [-0.05, 0) is 0 Å². The van der Waals surface area contributed by atoms with Crippen molar-refractivity contribution in [2.45, 2.75) is 6.10 Å². The molecule has 1 aliphatic heterocycles. The maximum absolute atomic E-state index is 11.2. The summed E-state index contributed by atoms with van der Waals surface area (Å²) in [6.45, 7) is 3.36. The molecule has 12 heavy (non-hydrogen) atoms. The summed E-state index contributed by atoms with van der Waals surface area (Å²) < 4.78 is 23.2. The molecular weight excluding hydrogens is 182 g/mol. The molecule has 0 aromatic rings. The number of nitrogens with zero attached hydrogens (tertiary/aromatic N) is 1. The molecule has 6 heteroatoms. The molecule has 0 amide bonds. The van der Waals surface area contributed by atoms with Crippen molar-refractivity contribution in [2.75, 3.05) is 18.9 Å². The van der Waals surface area contributed by atoms with E-state index in [1.54, 1.807) is 0 Å². The molecule has 1 aliphatic rings. The topological polar surface area (TPSA) is 66.8 Å². The third kappa shape index (κ3) is 2.04. The number of sulfonamides is 1. The van der Waals surface area contributed by atoms with Crippen LogP contribution in [0.1, 0.15) is 0 Å². The van der Waals surface area contributed by atoms with Crippen LogP contribution in [-0.2, 0) is 14.9 Å². The van der Waals surface area contributed by atoms with Gasteiger partial charge in [0, 0.05) is 0 Å². The van der Waals surface area contributed by atoms with E-state index in [1.807, 2.05) is 0 Å². The Hall–Kier alpha value is -0.430. The standard InChI is InChI=1S/C6H11NO4S/c1-2-3-12(9,10)7-4-6(8)5-11-7/h2,6,8H,1,3-5H2. The fourth-order valence-electron chi connectivity index (χ4n) is 0.873. The molecule has 1 rings (SSSR count).